The highest BCUT2D eigenvalue weighted by Crippen LogP contribution is 2.30. The van der Waals surface area contributed by atoms with Crippen LogP contribution in [0.1, 0.15) is 23.6 Å². The van der Waals surface area contributed by atoms with Gasteiger partial charge in [-0.15, -0.1) is 0 Å². The lowest BCUT2D eigenvalue weighted by Crippen LogP contribution is -2.38. The number of nitrogens with zero attached hydrogens (tertiary/aromatic N) is 3. The van der Waals surface area contributed by atoms with E-state index in [0.29, 0.717) is 13.3 Å². The highest BCUT2D eigenvalue weighted by atomic mass is 28.3. The Labute approximate surface area is 209 Å². The van der Waals surface area contributed by atoms with Crippen LogP contribution in [0.4, 0.5) is 5.95 Å². The van der Waals surface area contributed by atoms with E-state index < -0.39 is 8.07 Å². The second-order valence-electron chi connectivity index (χ2n) is 10.5. The minimum Gasteiger partial charge on any atom is -0.489 e. The van der Waals surface area contributed by atoms with Crippen molar-refractivity contribution < 1.29 is 9.47 Å². The number of aromatic nitrogens is 2. The van der Waals surface area contributed by atoms with E-state index in [2.05, 4.69) is 90.6 Å². The summed E-state index contributed by atoms with van der Waals surface area (Å²) in [6.07, 6.45) is 0.990. The molecule has 5 nitrogen and oxygen atoms in total. The first-order chi connectivity index (χ1) is 16.9. The average Bonchev–Trinajstić information content (AvgIpc) is 3.24. The number of benzene rings is 3. The van der Waals surface area contributed by atoms with Gasteiger partial charge >= 0.3 is 0 Å². The molecule has 6 heteroatoms. The van der Waals surface area contributed by atoms with Crippen molar-refractivity contribution >= 4 is 25.1 Å². The molecule has 182 valence electrons. The fourth-order valence-electron chi connectivity index (χ4n) is 4.40. The molecule has 1 aliphatic heterocycles. The molecule has 0 fully saturated rings. The van der Waals surface area contributed by atoms with Crippen molar-refractivity contribution in [2.45, 2.75) is 58.6 Å². The summed E-state index contributed by atoms with van der Waals surface area (Å²) in [4.78, 5) is 7.42. The highest BCUT2D eigenvalue weighted by molar-refractivity contribution is 6.77. The summed E-state index contributed by atoms with van der Waals surface area (Å²) in [6, 6.07) is 25.2. The van der Waals surface area contributed by atoms with Crippen molar-refractivity contribution in [3.8, 4) is 5.75 Å². The summed E-state index contributed by atoms with van der Waals surface area (Å²) in [5.41, 5.74) is 6.26. The van der Waals surface area contributed by atoms with Gasteiger partial charge in [0.25, 0.3) is 0 Å². The molecule has 3 aromatic carbocycles. The van der Waals surface area contributed by atoms with Crippen molar-refractivity contribution in [1.82, 2.24) is 9.55 Å². The molecular weight excluding hydrogens is 450 g/mol. The Bertz CT molecular complexity index is 1300. The molecule has 0 aliphatic carbocycles. The van der Waals surface area contributed by atoms with Crippen LogP contribution in [0.5, 0.6) is 5.75 Å². The number of ether oxygens (including phenoxy) is 2. The van der Waals surface area contributed by atoms with Crippen LogP contribution in [0.3, 0.4) is 0 Å². The largest absolute Gasteiger partial charge is 0.489 e. The zero-order valence-corrected chi connectivity index (χ0v) is 22.2. The Kier molecular flexibility index (Phi) is 6.67. The van der Waals surface area contributed by atoms with Crippen LogP contribution in [-0.2, 0) is 31.0 Å². The summed E-state index contributed by atoms with van der Waals surface area (Å²) in [5.74, 6) is 1.89. The maximum atomic E-state index is 6.39. The van der Waals surface area contributed by atoms with E-state index in [9.17, 15) is 0 Å². The molecule has 4 aromatic rings. The quantitative estimate of drug-likeness (QED) is 0.270. The fourth-order valence-corrected chi connectivity index (χ4v) is 4.98. The minimum absolute atomic E-state index is 0.267. The number of rotatable bonds is 8. The number of para-hydroxylation sites is 2. The molecular formula is C29H35N3O2Si. The third kappa shape index (κ3) is 5.28. The number of hydrogen-bond acceptors (Lipinski definition) is 4. The molecule has 1 atom stereocenters. The van der Waals surface area contributed by atoms with E-state index in [-0.39, 0.29) is 5.73 Å². The van der Waals surface area contributed by atoms with Crippen molar-refractivity contribution in [2.75, 3.05) is 11.4 Å². The van der Waals surface area contributed by atoms with Gasteiger partial charge < -0.3 is 14.4 Å². The van der Waals surface area contributed by atoms with Crippen molar-refractivity contribution in [3.05, 3.63) is 89.5 Å². The monoisotopic (exact) mass is 485 g/mol. The standard InChI is InChI=1S/C29H35N3O2Si/c1-22(35(2,3)4)34-21-32-28-13-9-8-12-27(28)30-29(32)31-17-16-24-14-15-26(18-25(24)19-31)33-20-23-10-6-5-7-11-23/h5-15,18,22H,16-17,19-21H2,1-4H3. The van der Waals surface area contributed by atoms with Gasteiger partial charge in [0.1, 0.15) is 19.1 Å². The highest BCUT2D eigenvalue weighted by Gasteiger charge is 2.26. The van der Waals surface area contributed by atoms with Crippen molar-refractivity contribution in [2.24, 2.45) is 0 Å². The van der Waals surface area contributed by atoms with E-state index in [1.807, 2.05) is 18.2 Å². The van der Waals surface area contributed by atoms with Gasteiger partial charge in [-0.05, 0) is 54.3 Å². The van der Waals surface area contributed by atoms with Gasteiger partial charge in [0.2, 0.25) is 5.95 Å². The Hall–Kier alpha value is -3.09. The Morgan fingerprint density at radius 1 is 0.943 bits per heavy atom. The second-order valence-corrected chi connectivity index (χ2v) is 16.1. The normalized spacial score (nSPS) is 14.7. The maximum Gasteiger partial charge on any atom is 0.208 e. The van der Waals surface area contributed by atoms with Gasteiger partial charge in [0, 0.05) is 18.8 Å². The van der Waals surface area contributed by atoms with Gasteiger partial charge in [0.05, 0.1) is 19.1 Å². The molecule has 0 amide bonds. The summed E-state index contributed by atoms with van der Waals surface area (Å²) in [7, 11) is -1.39. The molecule has 2 heterocycles. The Morgan fingerprint density at radius 3 is 2.51 bits per heavy atom. The predicted octanol–water partition coefficient (Wildman–Crippen LogP) is 6.42. The number of imidazole rings is 1. The zero-order valence-electron chi connectivity index (χ0n) is 21.2. The van der Waals surface area contributed by atoms with Gasteiger partial charge in [-0.3, -0.25) is 4.57 Å². The molecule has 0 N–H and O–H groups in total. The second kappa shape index (κ2) is 9.88. The number of anilines is 1. The number of hydrogen-bond donors (Lipinski definition) is 0. The van der Waals surface area contributed by atoms with E-state index in [4.69, 9.17) is 14.5 Å². The average molecular weight is 486 g/mol. The molecule has 0 bridgehead atoms. The Balaban J connectivity index is 1.38. The van der Waals surface area contributed by atoms with Crippen LogP contribution in [0.2, 0.25) is 19.6 Å². The molecule has 1 aromatic heterocycles. The molecule has 1 unspecified atom stereocenters. The van der Waals surface area contributed by atoms with Gasteiger partial charge in [0.15, 0.2) is 0 Å². The lowest BCUT2D eigenvalue weighted by atomic mass is 10.00. The lowest BCUT2D eigenvalue weighted by Gasteiger charge is -2.31. The lowest BCUT2D eigenvalue weighted by molar-refractivity contribution is 0.0596. The first kappa shape index (κ1) is 23.6. The van der Waals surface area contributed by atoms with Crippen LogP contribution in [0.25, 0.3) is 11.0 Å². The molecule has 5 rings (SSSR count). The topological polar surface area (TPSA) is 39.5 Å². The zero-order chi connectivity index (χ0) is 24.4. The Morgan fingerprint density at radius 2 is 1.71 bits per heavy atom. The van der Waals surface area contributed by atoms with Crippen LogP contribution >= 0.6 is 0 Å². The molecule has 0 saturated carbocycles. The molecule has 0 saturated heterocycles. The van der Waals surface area contributed by atoms with E-state index in [1.54, 1.807) is 0 Å². The third-order valence-electron chi connectivity index (χ3n) is 7.03. The van der Waals surface area contributed by atoms with Crippen molar-refractivity contribution in [3.63, 3.8) is 0 Å². The third-order valence-corrected chi connectivity index (χ3v) is 9.63. The van der Waals surface area contributed by atoms with E-state index in [0.717, 1.165) is 42.2 Å². The van der Waals surface area contributed by atoms with Gasteiger partial charge in [-0.25, -0.2) is 4.98 Å². The van der Waals surface area contributed by atoms with Crippen LogP contribution in [0.15, 0.2) is 72.8 Å². The SMILES string of the molecule is CC(OCn1c(N2CCc3ccc(OCc4ccccc4)cc3C2)nc2ccccc21)[Si](C)(C)C. The smallest absolute Gasteiger partial charge is 0.208 e. The maximum absolute atomic E-state index is 6.39. The van der Waals surface area contributed by atoms with Crippen LogP contribution in [-0.4, -0.2) is 29.9 Å². The molecule has 35 heavy (non-hydrogen) atoms. The summed E-state index contributed by atoms with van der Waals surface area (Å²) in [6.45, 7) is 12.1. The van der Waals surface area contributed by atoms with Crippen LogP contribution in [0, 0.1) is 0 Å². The fraction of sp³-hybridized carbons (Fsp3) is 0.345. The molecule has 0 radical (unpaired) electrons. The predicted molar refractivity (Wildman–Crippen MR) is 146 cm³/mol. The molecule has 1 aliphatic rings. The summed E-state index contributed by atoms with van der Waals surface area (Å²) >= 11 is 0. The first-order valence-corrected chi connectivity index (χ1v) is 16.1. The van der Waals surface area contributed by atoms with Gasteiger partial charge in [-0.2, -0.15) is 0 Å². The van der Waals surface area contributed by atoms with Crippen LogP contribution < -0.4 is 9.64 Å². The molecule has 0 spiro atoms. The summed E-state index contributed by atoms with van der Waals surface area (Å²) < 4.78 is 14.7. The van der Waals surface area contributed by atoms with Crippen molar-refractivity contribution in [1.29, 1.82) is 0 Å². The minimum atomic E-state index is -1.39. The van der Waals surface area contributed by atoms with E-state index >= 15 is 0 Å². The van der Waals surface area contributed by atoms with E-state index in [1.165, 1.54) is 16.7 Å². The first-order valence-electron chi connectivity index (χ1n) is 12.5. The van der Waals surface area contributed by atoms with Gasteiger partial charge in [-0.1, -0.05) is 68.2 Å². The number of fused-ring (bicyclic) bond motifs is 2. The summed E-state index contributed by atoms with van der Waals surface area (Å²) in [5, 5.41) is 0.